The number of nitrogens with zero attached hydrogens (tertiary/aromatic N) is 2. The van der Waals surface area contributed by atoms with Crippen LogP contribution in [-0.4, -0.2) is 40.0 Å². The van der Waals surface area contributed by atoms with E-state index in [1.165, 1.54) is 0 Å². The lowest BCUT2D eigenvalue weighted by molar-refractivity contribution is -0.150. The summed E-state index contributed by atoms with van der Waals surface area (Å²) in [5.41, 5.74) is 0.574. The van der Waals surface area contributed by atoms with Crippen LogP contribution in [0.1, 0.15) is 36.2 Å². The molecule has 1 aliphatic heterocycles. The number of aromatic nitrogens is 1. The lowest BCUT2D eigenvalue weighted by Crippen LogP contribution is -2.40. The minimum absolute atomic E-state index is 0.0399. The van der Waals surface area contributed by atoms with Gasteiger partial charge in [0.2, 0.25) is 0 Å². The molecule has 1 N–H and O–H groups in total. The van der Waals surface area contributed by atoms with E-state index in [0.717, 1.165) is 5.56 Å². The van der Waals surface area contributed by atoms with E-state index in [4.69, 9.17) is 4.74 Å². The van der Waals surface area contributed by atoms with E-state index >= 15 is 0 Å². The fourth-order valence-corrected chi connectivity index (χ4v) is 3.45. The van der Waals surface area contributed by atoms with Gasteiger partial charge in [0.15, 0.2) is 0 Å². The van der Waals surface area contributed by atoms with E-state index < -0.39 is 11.4 Å². The number of carboxylic acid groups (broad SMARTS) is 1. The zero-order chi connectivity index (χ0) is 19.4. The van der Waals surface area contributed by atoms with Crippen LogP contribution in [0.25, 0.3) is 0 Å². The number of rotatable bonds is 6. The summed E-state index contributed by atoms with van der Waals surface area (Å²) in [5.74, 6) is -0.439. The second-order valence-electron chi connectivity index (χ2n) is 7.27. The first kappa shape index (κ1) is 18.9. The van der Waals surface area contributed by atoms with Gasteiger partial charge in [-0.25, -0.2) is 0 Å². The van der Waals surface area contributed by atoms with E-state index in [0.29, 0.717) is 30.9 Å². The summed E-state index contributed by atoms with van der Waals surface area (Å²) in [6, 6.07) is 10.8. The third-order valence-electron chi connectivity index (χ3n) is 5.33. The summed E-state index contributed by atoms with van der Waals surface area (Å²) in [4.78, 5) is 30.3. The highest BCUT2D eigenvalue weighted by atomic mass is 16.5. The fourth-order valence-electron chi connectivity index (χ4n) is 3.45. The van der Waals surface area contributed by atoms with Crippen molar-refractivity contribution in [1.29, 1.82) is 0 Å². The lowest BCUT2D eigenvalue weighted by Gasteiger charge is -2.28. The van der Waals surface area contributed by atoms with E-state index in [9.17, 15) is 14.7 Å². The number of pyridine rings is 1. The number of hydrogen-bond donors (Lipinski definition) is 1. The van der Waals surface area contributed by atoms with Crippen molar-refractivity contribution in [1.82, 2.24) is 9.88 Å². The molecule has 1 atom stereocenters. The van der Waals surface area contributed by atoms with E-state index in [1.54, 1.807) is 41.6 Å². The van der Waals surface area contributed by atoms with Crippen molar-refractivity contribution in [3.8, 4) is 5.75 Å². The van der Waals surface area contributed by atoms with Crippen LogP contribution in [-0.2, 0) is 11.4 Å². The molecule has 1 saturated heterocycles. The third kappa shape index (κ3) is 3.94. The molecule has 2 heterocycles. The van der Waals surface area contributed by atoms with Gasteiger partial charge >= 0.3 is 5.97 Å². The Labute approximate surface area is 158 Å². The van der Waals surface area contributed by atoms with Crippen molar-refractivity contribution in [2.24, 2.45) is 11.3 Å². The van der Waals surface area contributed by atoms with Crippen LogP contribution in [0.15, 0.2) is 48.8 Å². The molecule has 1 aliphatic rings. The maximum atomic E-state index is 12.9. The van der Waals surface area contributed by atoms with Crippen LogP contribution in [0.3, 0.4) is 0 Å². The van der Waals surface area contributed by atoms with Crippen molar-refractivity contribution in [2.45, 2.75) is 26.9 Å². The Hall–Kier alpha value is -2.89. The highest BCUT2D eigenvalue weighted by Crippen LogP contribution is 2.38. The Morgan fingerprint density at radius 3 is 2.74 bits per heavy atom. The molecule has 3 rings (SSSR count). The second kappa shape index (κ2) is 7.78. The number of benzene rings is 1. The molecule has 0 saturated carbocycles. The number of carbonyl (C=O) groups is 2. The highest BCUT2D eigenvalue weighted by molar-refractivity contribution is 5.95. The van der Waals surface area contributed by atoms with Crippen LogP contribution < -0.4 is 4.74 Å². The number of carboxylic acids is 1. The number of amides is 1. The molecule has 27 heavy (non-hydrogen) atoms. The first-order chi connectivity index (χ1) is 12.9. The zero-order valence-electron chi connectivity index (χ0n) is 15.6. The summed E-state index contributed by atoms with van der Waals surface area (Å²) in [6.07, 6.45) is 3.91. The number of ether oxygens (including phenoxy) is 1. The van der Waals surface area contributed by atoms with Crippen LogP contribution in [0.2, 0.25) is 0 Å². The molecule has 1 amide bonds. The van der Waals surface area contributed by atoms with Crippen LogP contribution in [0.4, 0.5) is 0 Å². The maximum absolute atomic E-state index is 12.9. The van der Waals surface area contributed by atoms with Gasteiger partial charge in [0.05, 0.1) is 5.41 Å². The predicted octanol–water partition coefficient (Wildman–Crippen LogP) is 3.23. The van der Waals surface area contributed by atoms with Gasteiger partial charge in [-0.2, -0.15) is 0 Å². The summed E-state index contributed by atoms with van der Waals surface area (Å²) < 4.78 is 5.76. The molecule has 0 radical (unpaired) electrons. The van der Waals surface area contributed by atoms with Crippen LogP contribution >= 0.6 is 0 Å². The Morgan fingerprint density at radius 2 is 2.11 bits per heavy atom. The van der Waals surface area contributed by atoms with Crippen LogP contribution in [0, 0.1) is 11.3 Å². The first-order valence-corrected chi connectivity index (χ1v) is 9.07. The number of likely N-dealkylation sites (tertiary alicyclic amines) is 1. The maximum Gasteiger partial charge on any atom is 0.311 e. The molecule has 6 nitrogen and oxygen atoms in total. The normalized spacial score (nSPS) is 19.3. The molecule has 1 fully saturated rings. The third-order valence-corrected chi connectivity index (χ3v) is 5.33. The molecular formula is C21H24N2O4. The fraction of sp³-hybridized carbons (Fsp3) is 0.381. The minimum Gasteiger partial charge on any atom is -0.489 e. The first-order valence-electron chi connectivity index (χ1n) is 9.07. The molecule has 6 heteroatoms. The predicted molar refractivity (Wildman–Crippen MR) is 100 cm³/mol. The van der Waals surface area contributed by atoms with Gasteiger partial charge < -0.3 is 14.7 Å². The molecule has 0 aliphatic carbocycles. The van der Waals surface area contributed by atoms with Crippen molar-refractivity contribution in [3.05, 3.63) is 59.9 Å². The van der Waals surface area contributed by atoms with Gasteiger partial charge in [0.25, 0.3) is 5.91 Å². The average molecular weight is 368 g/mol. The Morgan fingerprint density at radius 1 is 1.30 bits per heavy atom. The Kier molecular flexibility index (Phi) is 5.44. The molecular weight excluding hydrogens is 344 g/mol. The van der Waals surface area contributed by atoms with Crippen molar-refractivity contribution in [2.75, 3.05) is 13.1 Å². The highest BCUT2D eigenvalue weighted by Gasteiger charge is 2.48. The van der Waals surface area contributed by atoms with Gasteiger partial charge in [-0.05, 0) is 36.6 Å². The molecule has 142 valence electrons. The summed E-state index contributed by atoms with van der Waals surface area (Å²) in [5, 5.41) is 9.66. The quantitative estimate of drug-likeness (QED) is 0.847. The van der Waals surface area contributed by atoms with Crippen molar-refractivity contribution < 1.29 is 19.4 Å². The van der Waals surface area contributed by atoms with Gasteiger partial charge in [-0.3, -0.25) is 14.6 Å². The SMILES string of the molecule is CC(C)C1(C(=O)O)CCN(C(=O)c2cccc(OCc3cccnc3)c2)C1. The van der Waals surface area contributed by atoms with Crippen molar-refractivity contribution in [3.63, 3.8) is 0 Å². The van der Waals surface area contributed by atoms with Gasteiger partial charge in [-0.15, -0.1) is 0 Å². The molecule has 0 bridgehead atoms. The van der Waals surface area contributed by atoms with E-state index in [2.05, 4.69) is 4.98 Å². The topological polar surface area (TPSA) is 79.7 Å². The van der Waals surface area contributed by atoms with Gasteiger partial charge in [0, 0.05) is 36.6 Å². The van der Waals surface area contributed by atoms with Gasteiger partial charge in [0.1, 0.15) is 12.4 Å². The monoisotopic (exact) mass is 368 g/mol. The second-order valence-corrected chi connectivity index (χ2v) is 7.27. The molecule has 1 aromatic carbocycles. The summed E-state index contributed by atoms with van der Waals surface area (Å²) in [6.45, 7) is 4.85. The summed E-state index contributed by atoms with van der Waals surface area (Å²) in [7, 11) is 0. The van der Waals surface area contributed by atoms with Crippen LogP contribution in [0.5, 0.6) is 5.75 Å². The van der Waals surface area contributed by atoms with Crippen molar-refractivity contribution >= 4 is 11.9 Å². The number of hydrogen-bond acceptors (Lipinski definition) is 4. The Bertz CT molecular complexity index is 822. The average Bonchev–Trinajstić information content (AvgIpc) is 3.14. The van der Waals surface area contributed by atoms with Gasteiger partial charge in [-0.1, -0.05) is 26.0 Å². The number of aliphatic carboxylic acids is 1. The summed E-state index contributed by atoms with van der Waals surface area (Å²) >= 11 is 0. The lowest BCUT2D eigenvalue weighted by atomic mass is 9.76. The Balaban J connectivity index is 1.70. The van der Waals surface area contributed by atoms with E-state index in [-0.39, 0.29) is 18.4 Å². The largest absolute Gasteiger partial charge is 0.489 e. The minimum atomic E-state index is -0.871. The molecule has 2 aromatic rings. The standard InChI is InChI=1S/C21H24N2O4/c1-15(2)21(20(25)26)8-10-23(14-21)19(24)17-6-3-7-18(11-17)27-13-16-5-4-9-22-12-16/h3-7,9,11-12,15H,8,10,13-14H2,1-2H3,(H,25,26). The molecule has 0 spiro atoms. The number of carbonyl (C=O) groups excluding carboxylic acids is 1. The smallest absolute Gasteiger partial charge is 0.311 e. The molecule has 1 aromatic heterocycles. The zero-order valence-corrected chi connectivity index (χ0v) is 15.6. The molecule has 1 unspecified atom stereocenters. The van der Waals surface area contributed by atoms with E-state index in [1.807, 2.05) is 26.0 Å².